The summed E-state index contributed by atoms with van der Waals surface area (Å²) in [4.78, 5) is 52.4. The van der Waals surface area contributed by atoms with Crippen molar-refractivity contribution in [2.75, 3.05) is 39.5 Å². The molecule has 3 amide bonds. The van der Waals surface area contributed by atoms with Gasteiger partial charge in [-0.05, 0) is 68.1 Å². The van der Waals surface area contributed by atoms with Crippen LogP contribution in [-0.4, -0.2) is 72.3 Å². The molecule has 2 aliphatic heterocycles. The van der Waals surface area contributed by atoms with Crippen molar-refractivity contribution in [1.29, 1.82) is 0 Å². The molecule has 0 spiro atoms. The molecule has 0 aromatic heterocycles. The Kier molecular flexibility index (Phi) is 8.98. The molecule has 2 heterocycles. The van der Waals surface area contributed by atoms with E-state index in [4.69, 9.17) is 14.2 Å². The Labute approximate surface area is 203 Å². The van der Waals surface area contributed by atoms with E-state index in [1.807, 2.05) is 6.92 Å². The van der Waals surface area contributed by atoms with Crippen LogP contribution in [0.1, 0.15) is 39.2 Å². The number of imide groups is 1. The second-order valence-corrected chi connectivity index (χ2v) is 9.06. The lowest BCUT2D eigenvalue weighted by Crippen LogP contribution is -2.45. The average molecular weight is 491 g/mol. The number of likely N-dealkylation sites (tertiary alicyclic amines) is 1. The average Bonchev–Trinajstić information content (AvgIpc) is 3.06. The topological polar surface area (TPSA) is 102 Å². The highest BCUT2D eigenvalue weighted by Gasteiger charge is 2.37. The van der Waals surface area contributed by atoms with Crippen molar-refractivity contribution in [2.24, 2.45) is 5.92 Å². The van der Waals surface area contributed by atoms with Gasteiger partial charge in [-0.15, -0.1) is 0 Å². The summed E-state index contributed by atoms with van der Waals surface area (Å²) in [6.07, 6.45) is 3.43. The van der Waals surface area contributed by atoms with E-state index < -0.39 is 17.1 Å². The Balaban J connectivity index is 1.69. The van der Waals surface area contributed by atoms with Crippen LogP contribution in [0.5, 0.6) is 11.5 Å². The summed E-state index contributed by atoms with van der Waals surface area (Å²) in [5.74, 6) is 0.145. The molecule has 3 rings (SSSR count). The monoisotopic (exact) mass is 490 g/mol. The lowest BCUT2D eigenvalue weighted by Gasteiger charge is -2.31. The van der Waals surface area contributed by atoms with Crippen LogP contribution in [0, 0.1) is 5.92 Å². The molecule has 2 saturated heterocycles. The number of benzene rings is 1. The predicted molar refractivity (Wildman–Crippen MR) is 127 cm³/mol. The smallest absolute Gasteiger partial charge is 0.344 e. The number of hydrogen-bond donors (Lipinski definition) is 0. The van der Waals surface area contributed by atoms with Crippen molar-refractivity contribution in [2.45, 2.75) is 33.6 Å². The van der Waals surface area contributed by atoms with Crippen molar-refractivity contribution in [3.05, 3.63) is 28.7 Å². The Bertz CT molecular complexity index is 970. The molecule has 1 aromatic carbocycles. The van der Waals surface area contributed by atoms with Crippen molar-refractivity contribution in [3.8, 4) is 11.5 Å². The molecule has 0 aliphatic carbocycles. The largest absolute Gasteiger partial charge is 0.490 e. The maximum atomic E-state index is 12.8. The molecule has 0 radical (unpaired) electrons. The van der Waals surface area contributed by atoms with Crippen molar-refractivity contribution >= 4 is 40.9 Å². The molecular weight excluding hydrogens is 460 g/mol. The molecule has 34 heavy (non-hydrogen) atoms. The maximum absolute atomic E-state index is 12.8. The summed E-state index contributed by atoms with van der Waals surface area (Å²) in [6, 6.07) is 4.98. The third-order valence-electron chi connectivity index (χ3n) is 5.52. The minimum absolute atomic E-state index is 0.211. The lowest BCUT2D eigenvalue weighted by atomic mass is 9.99. The standard InChI is InChI=1S/C24H30N2O7S/c1-4-31-19-12-17(6-7-18(19)33-15-22(28)32-5-2)13-20-23(29)26(24(30)34-20)14-21(27)25-10-8-16(3)9-11-25/h6-7,12-13,16H,4-5,8-11,14-15H2,1-3H3/b20-13-. The molecule has 10 heteroatoms. The molecule has 0 unspecified atom stereocenters. The SMILES string of the molecule is CCOC(=O)COc1ccc(/C=C2\SC(=O)N(CC(=O)N3CCC(C)CC3)C2=O)cc1OCC. The number of carbonyl (C=O) groups is 4. The van der Waals surface area contributed by atoms with Crippen LogP contribution in [0.2, 0.25) is 0 Å². The Hall–Kier alpha value is -3.01. The molecule has 2 aliphatic rings. The number of hydrogen-bond acceptors (Lipinski definition) is 8. The number of piperidine rings is 1. The Morgan fingerprint density at radius 1 is 1.09 bits per heavy atom. The fourth-order valence-electron chi connectivity index (χ4n) is 3.62. The van der Waals surface area contributed by atoms with Gasteiger partial charge in [0, 0.05) is 13.1 Å². The van der Waals surface area contributed by atoms with E-state index in [-0.39, 0.29) is 30.6 Å². The van der Waals surface area contributed by atoms with E-state index in [0.29, 0.717) is 42.7 Å². The van der Waals surface area contributed by atoms with Gasteiger partial charge in [-0.25, -0.2) is 4.79 Å². The van der Waals surface area contributed by atoms with Crippen LogP contribution < -0.4 is 9.47 Å². The zero-order valence-electron chi connectivity index (χ0n) is 19.7. The minimum Gasteiger partial charge on any atom is -0.490 e. The van der Waals surface area contributed by atoms with Gasteiger partial charge in [0.05, 0.1) is 18.1 Å². The quantitative estimate of drug-likeness (QED) is 0.384. The molecule has 184 valence electrons. The van der Waals surface area contributed by atoms with Crippen LogP contribution >= 0.6 is 11.8 Å². The number of rotatable bonds is 9. The van der Waals surface area contributed by atoms with Crippen LogP contribution in [0.15, 0.2) is 23.1 Å². The highest BCUT2D eigenvalue weighted by molar-refractivity contribution is 8.18. The van der Waals surface area contributed by atoms with Crippen molar-refractivity contribution in [3.63, 3.8) is 0 Å². The fraction of sp³-hybridized carbons (Fsp3) is 0.500. The second kappa shape index (κ2) is 11.9. The molecular formula is C24H30N2O7S. The summed E-state index contributed by atoms with van der Waals surface area (Å²) in [6.45, 7) is 7.10. The third kappa shape index (κ3) is 6.53. The molecule has 0 N–H and O–H groups in total. The molecule has 1 aromatic rings. The van der Waals surface area contributed by atoms with Gasteiger partial charge in [0.25, 0.3) is 11.1 Å². The predicted octanol–water partition coefficient (Wildman–Crippen LogP) is 3.32. The Morgan fingerprint density at radius 3 is 2.50 bits per heavy atom. The fourth-order valence-corrected chi connectivity index (χ4v) is 4.46. The summed E-state index contributed by atoms with van der Waals surface area (Å²) in [5, 5.41) is -0.464. The van der Waals surface area contributed by atoms with Crippen LogP contribution in [-0.2, 0) is 19.1 Å². The first-order valence-electron chi connectivity index (χ1n) is 11.4. The third-order valence-corrected chi connectivity index (χ3v) is 6.43. The summed E-state index contributed by atoms with van der Waals surface area (Å²) in [7, 11) is 0. The number of esters is 1. The second-order valence-electron chi connectivity index (χ2n) is 8.06. The van der Waals surface area contributed by atoms with E-state index in [9.17, 15) is 19.2 Å². The molecule has 2 fully saturated rings. The van der Waals surface area contributed by atoms with Gasteiger partial charge in [0.2, 0.25) is 5.91 Å². The number of amides is 3. The van der Waals surface area contributed by atoms with Crippen LogP contribution in [0.4, 0.5) is 4.79 Å². The van der Waals surface area contributed by atoms with E-state index in [1.54, 1.807) is 36.1 Å². The summed E-state index contributed by atoms with van der Waals surface area (Å²) in [5.41, 5.74) is 0.619. The summed E-state index contributed by atoms with van der Waals surface area (Å²) < 4.78 is 16.0. The van der Waals surface area contributed by atoms with Gasteiger partial charge in [-0.1, -0.05) is 13.0 Å². The lowest BCUT2D eigenvalue weighted by molar-refractivity contribution is -0.145. The van der Waals surface area contributed by atoms with Crippen molar-refractivity contribution in [1.82, 2.24) is 9.80 Å². The van der Waals surface area contributed by atoms with Gasteiger partial charge in [0.1, 0.15) is 6.54 Å². The summed E-state index contributed by atoms with van der Waals surface area (Å²) >= 11 is 0.803. The normalized spacial score (nSPS) is 17.9. The number of nitrogens with zero attached hydrogens (tertiary/aromatic N) is 2. The zero-order valence-corrected chi connectivity index (χ0v) is 20.5. The highest BCUT2D eigenvalue weighted by Crippen LogP contribution is 2.35. The van der Waals surface area contributed by atoms with Crippen molar-refractivity contribution < 1.29 is 33.4 Å². The maximum Gasteiger partial charge on any atom is 0.344 e. The molecule has 9 nitrogen and oxygen atoms in total. The molecule has 0 saturated carbocycles. The molecule has 0 atom stereocenters. The van der Waals surface area contributed by atoms with Gasteiger partial charge < -0.3 is 19.1 Å². The number of thioether (sulfide) groups is 1. The van der Waals surface area contributed by atoms with Gasteiger partial charge >= 0.3 is 5.97 Å². The van der Waals surface area contributed by atoms with Gasteiger partial charge in [-0.2, -0.15) is 0 Å². The molecule has 0 bridgehead atoms. The van der Waals surface area contributed by atoms with E-state index in [2.05, 4.69) is 6.92 Å². The first-order chi connectivity index (χ1) is 16.3. The van der Waals surface area contributed by atoms with Crippen LogP contribution in [0.3, 0.4) is 0 Å². The minimum atomic E-state index is -0.491. The first-order valence-corrected chi connectivity index (χ1v) is 12.2. The van der Waals surface area contributed by atoms with E-state index >= 15 is 0 Å². The van der Waals surface area contributed by atoms with E-state index in [0.717, 1.165) is 29.5 Å². The first kappa shape index (κ1) is 25.6. The van der Waals surface area contributed by atoms with Crippen LogP contribution in [0.25, 0.3) is 6.08 Å². The van der Waals surface area contributed by atoms with Gasteiger partial charge in [0.15, 0.2) is 18.1 Å². The number of carbonyl (C=O) groups excluding carboxylic acids is 4. The Morgan fingerprint density at radius 2 is 1.82 bits per heavy atom. The van der Waals surface area contributed by atoms with Gasteiger partial charge in [-0.3, -0.25) is 19.3 Å². The number of ether oxygens (including phenoxy) is 3. The van der Waals surface area contributed by atoms with E-state index in [1.165, 1.54) is 0 Å². The highest BCUT2D eigenvalue weighted by atomic mass is 32.2. The zero-order chi connectivity index (χ0) is 24.7.